The van der Waals surface area contributed by atoms with Crippen molar-refractivity contribution in [3.63, 3.8) is 0 Å². The van der Waals surface area contributed by atoms with Crippen LogP contribution < -0.4 is 4.74 Å². The SMILES string of the molecule is O=C=Nc1ccc(Oc2ncc(Br)cn2)c(Cl)c1. The van der Waals surface area contributed by atoms with Gasteiger partial charge in [-0.25, -0.2) is 14.8 Å². The molecule has 90 valence electrons. The predicted molar refractivity (Wildman–Crippen MR) is 69.0 cm³/mol. The van der Waals surface area contributed by atoms with E-state index in [9.17, 15) is 4.79 Å². The van der Waals surface area contributed by atoms with Gasteiger partial charge in [0, 0.05) is 12.4 Å². The van der Waals surface area contributed by atoms with Crippen molar-refractivity contribution in [3.8, 4) is 11.8 Å². The lowest BCUT2D eigenvalue weighted by Crippen LogP contribution is -1.91. The number of benzene rings is 1. The maximum Gasteiger partial charge on any atom is 0.321 e. The third-order valence-electron chi connectivity index (χ3n) is 1.89. The summed E-state index contributed by atoms with van der Waals surface area (Å²) in [5.41, 5.74) is 0.402. The Hall–Kier alpha value is -1.75. The predicted octanol–water partition coefficient (Wildman–Crippen LogP) is 3.65. The monoisotopic (exact) mass is 325 g/mol. The van der Waals surface area contributed by atoms with Crippen molar-refractivity contribution in [2.45, 2.75) is 0 Å². The molecule has 1 heterocycles. The highest BCUT2D eigenvalue weighted by Crippen LogP contribution is 2.31. The molecule has 1 aromatic heterocycles. The summed E-state index contributed by atoms with van der Waals surface area (Å²) in [4.78, 5) is 21.4. The molecule has 0 aliphatic rings. The lowest BCUT2D eigenvalue weighted by Gasteiger charge is -2.05. The number of isocyanates is 1. The quantitative estimate of drug-likeness (QED) is 0.638. The Morgan fingerprint density at radius 1 is 1.33 bits per heavy atom. The Bertz CT molecular complexity index is 612. The Labute approximate surface area is 116 Å². The van der Waals surface area contributed by atoms with E-state index in [4.69, 9.17) is 16.3 Å². The van der Waals surface area contributed by atoms with Crippen LogP contribution in [0.3, 0.4) is 0 Å². The van der Waals surface area contributed by atoms with E-state index >= 15 is 0 Å². The van der Waals surface area contributed by atoms with Gasteiger partial charge in [-0.05, 0) is 34.1 Å². The van der Waals surface area contributed by atoms with Gasteiger partial charge >= 0.3 is 6.01 Å². The van der Waals surface area contributed by atoms with Crippen LogP contribution in [0.25, 0.3) is 0 Å². The second-order valence-electron chi connectivity index (χ2n) is 3.10. The average Bonchev–Trinajstić information content (AvgIpc) is 2.36. The van der Waals surface area contributed by atoms with Crippen molar-refractivity contribution >= 4 is 39.3 Å². The minimum Gasteiger partial charge on any atom is -0.423 e. The first-order valence-corrected chi connectivity index (χ1v) is 5.89. The van der Waals surface area contributed by atoms with Crippen molar-refractivity contribution in [1.82, 2.24) is 9.97 Å². The highest BCUT2D eigenvalue weighted by molar-refractivity contribution is 9.10. The van der Waals surface area contributed by atoms with E-state index in [1.54, 1.807) is 24.5 Å². The molecule has 0 aliphatic heterocycles. The van der Waals surface area contributed by atoms with Gasteiger partial charge in [-0.3, -0.25) is 0 Å². The summed E-state index contributed by atoms with van der Waals surface area (Å²) in [5, 5.41) is 0.304. The number of aromatic nitrogens is 2. The Balaban J connectivity index is 2.24. The molecule has 2 rings (SSSR count). The standard InChI is InChI=1S/C11H5BrClN3O2/c12-7-4-14-11(15-5-7)18-10-2-1-8(16-6-17)3-9(10)13/h1-5H. The number of ether oxygens (including phenoxy) is 1. The third-order valence-corrected chi connectivity index (χ3v) is 2.59. The molecule has 0 saturated heterocycles. The molecule has 0 fully saturated rings. The molecule has 5 nitrogen and oxygen atoms in total. The number of halogens is 2. The zero-order valence-corrected chi connectivity index (χ0v) is 11.1. The smallest absolute Gasteiger partial charge is 0.321 e. The van der Waals surface area contributed by atoms with Crippen LogP contribution >= 0.6 is 27.5 Å². The molecule has 0 unspecified atom stereocenters. The van der Waals surface area contributed by atoms with Crippen LogP contribution in [-0.2, 0) is 4.79 Å². The van der Waals surface area contributed by atoms with Crippen molar-refractivity contribution in [2.24, 2.45) is 4.99 Å². The number of aliphatic imine (C=N–C) groups is 1. The average molecular weight is 327 g/mol. The summed E-state index contributed by atoms with van der Waals surface area (Å²) >= 11 is 9.18. The van der Waals surface area contributed by atoms with Crippen LogP contribution in [0.15, 0.2) is 40.1 Å². The Morgan fingerprint density at radius 2 is 2.06 bits per heavy atom. The van der Waals surface area contributed by atoms with Crippen LogP contribution in [0.1, 0.15) is 0 Å². The zero-order chi connectivity index (χ0) is 13.0. The molecule has 1 aromatic carbocycles. The second kappa shape index (κ2) is 5.73. The molecule has 0 spiro atoms. The van der Waals surface area contributed by atoms with Crippen LogP contribution in [0.5, 0.6) is 11.8 Å². The topological polar surface area (TPSA) is 64.4 Å². The van der Waals surface area contributed by atoms with E-state index < -0.39 is 0 Å². The first-order chi connectivity index (χ1) is 8.69. The van der Waals surface area contributed by atoms with Crippen molar-refractivity contribution in [3.05, 3.63) is 40.1 Å². The molecule has 2 aromatic rings. The molecule has 0 amide bonds. The highest BCUT2D eigenvalue weighted by Gasteiger charge is 2.06. The van der Waals surface area contributed by atoms with Gasteiger partial charge in [-0.1, -0.05) is 11.6 Å². The number of hydrogen-bond acceptors (Lipinski definition) is 5. The first kappa shape index (κ1) is 12.7. The highest BCUT2D eigenvalue weighted by atomic mass is 79.9. The first-order valence-electron chi connectivity index (χ1n) is 4.72. The number of rotatable bonds is 3. The normalized spacial score (nSPS) is 9.67. The van der Waals surface area contributed by atoms with Gasteiger partial charge in [0.05, 0.1) is 15.2 Å². The van der Waals surface area contributed by atoms with Crippen LogP contribution in [0.2, 0.25) is 5.02 Å². The Morgan fingerprint density at radius 3 is 2.67 bits per heavy atom. The molecular formula is C11H5BrClN3O2. The fraction of sp³-hybridized carbons (Fsp3) is 0. The van der Waals surface area contributed by atoms with Crippen molar-refractivity contribution in [2.75, 3.05) is 0 Å². The Kier molecular flexibility index (Phi) is 4.04. The van der Waals surface area contributed by atoms with Crippen molar-refractivity contribution < 1.29 is 9.53 Å². The van der Waals surface area contributed by atoms with Gasteiger partial charge in [-0.15, -0.1) is 0 Å². The van der Waals surface area contributed by atoms with Gasteiger partial charge in [0.25, 0.3) is 0 Å². The molecule has 18 heavy (non-hydrogen) atoms. The van der Waals surface area contributed by atoms with E-state index in [0.29, 0.717) is 16.5 Å². The molecule has 0 bridgehead atoms. The lowest BCUT2D eigenvalue weighted by atomic mass is 10.3. The molecule has 7 heteroatoms. The van der Waals surface area contributed by atoms with Crippen LogP contribution in [0, 0.1) is 0 Å². The number of carbonyl (C=O) groups excluding carboxylic acids is 1. The van der Waals surface area contributed by atoms with E-state index in [0.717, 1.165) is 4.47 Å². The summed E-state index contributed by atoms with van der Waals surface area (Å²) in [6.45, 7) is 0. The van der Waals surface area contributed by atoms with Gasteiger partial charge < -0.3 is 4.74 Å². The molecule has 0 N–H and O–H groups in total. The number of nitrogens with zero attached hydrogens (tertiary/aromatic N) is 3. The summed E-state index contributed by atoms with van der Waals surface area (Å²) in [6.07, 6.45) is 4.55. The van der Waals surface area contributed by atoms with E-state index in [1.807, 2.05) is 0 Å². The lowest BCUT2D eigenvalue weighted by molar-refractivity contribution is 0.441. The maximum absolute atomic E-state index is 10.1. The van der Waals surface area contributed by atoms with Gasteiger partial charge in [0.15, 0.2) is 0 Å². The second-order valence-corrected chi connectivity index (χ2v) is 4.43. The fourth-order valence-corrected chi connectivity index (χ4v) is 1.56. The van der Waals surface area contributed by atoms with Gasteiger partial charge in [0.1, 0.15) is 5.75 Å². The minimum atomic E-state index is 0.173. The molecule has 0 aliphatic carbocycles. The minimum absolute atomic E-state index is 0.173. The third kappa shape index (κ3) is 3.13. The summed E-state index contributed by atoms with van der Waals surface area (Å²) in [6, 6.07) is 4.81. The fourth-order valence-electron chi connectivity index (χ4n) is 1.15. The van der Waals surface area contributed by atoms with Crippen LogP contribution in [-0.4, -0.2) is 16.0 Å². The maximum atomic E-state index is 10.1. The zero-order valence-electron chi connectivity index (χ0n) is 8.80. The summed E-state index contributed by atoms with van der Waals surface area (Å²) < 4.78 is 6.13. The van der Waals surface area contributed by atoms with Crippen LogP contribution in [0.4, 0.5) is 5.69 Å². The van der Waals surface area contributed by atoms with Gasteiger partial charge in [0.2, 0.25) is 6.08 Å². The molecule has 0 saturated carbocycles. The van der Waals surface area contributed by atoms with Crippen molar-refractivity contribution in [1.29, 1.82) is 0 Å². The number of hydrogen-bond donors (Lipinski definition) is 0. The summed E-state index contributed by atoms with van der Waals surface area (Å²) in [7, 11) is 0. The molecular weight excluding hydrogens is 321 g/mol. The largest absolute Gasteiger partial charge is 0.423 e. The van der Waals surface area contributed by atoms with E-state index in [1.165, 1.54) is 12.1 Å². The molecule has 0 radical (unpaired) electrons. The van der Waals surface area contributed by atoms with E-state index in [-0.39, 0.29) is 6.01 Å². The molecule has 0 atom stereocenters. The van der Waals surface area contributed by atoms with Gasteiger partial charge in [-0.2, -0.15) is 4.99 Å². The summed E-state index contributed by atoms with van der Waals surface area (Å²) in [5.74, 6) is 0.379. The van der Waals surface area contributed by atoms with E-state index in [2.05, 4.69) is 30.9 Å².